The number of rotatable bonds is 5. The van der Waals surface area contributed by atoms with Crippen molar-refractivity contribution >= 4 is 17.5 Å². The van der Waals surface area contributed by atoms with Crippen molar-refractivity contribution in [3.63, 3.8) is 0 Å². The molecule has 0 radical (unpaired) electrons. The molecule has 6 nitrogen and oxygen atoms in total. The smallest absolute Gasteiger partial charge is 0.336 e. The number of aliphatic hydroxyl groups is 1. The Bertz CT molecular complexity index is 608. The quantitative estimate of drug-likeness (QED) is 0.841. The molecule has 0 saturated heterocycles. The van der Waals surface area contributed by atoms with Crippen LogP contribution in [0.5, 0.6) is 0 Å². The van der Waals surface area contributed by atoms with Gasteiger partial charge >= 0.3 is 5.97 Å². The number of carboxylic acids is 1. The Morgan fingerprint density at radius 1 is 1.38 bits per heavy atom. The van der Waals surface area contributed by atoms with Crippen LogP contribution in [-0.4, -0.2) is 39.4 Å². The second kappa shape index (κ2) is 5.99. The molecule has 2 rings (SSSR count). The van der Waals surface area contributed by atoms with Crippen molar-refractivity contribution in [1.29, 1.82) is 0 Å². The lowest BCUT2D eigenvalue weighted by molar-refractivity contribution is -0.169. The second-order valence-corrected chi connectivity index (χ2v) is 4.68. The number of hydrogen-bond acceptors (Lipinski definition) is 5. The van der Waals surface area contributed by atoms with Crippen molar-refractivity contribution in [3.8, 4) is 0 Å². The zero-order valence-corrected chi connectivity index (χ0v) is 11.4. The van der Waals surface area contributed by atoms with Crippen LogP contribution in [0.1, 0.15) is 12.5 Å². The number of carbonyl (C=O) groups is 2. The van der Waals surface area contributed by atoms with Crippen LogP contribution in [0.25, 0.3) is 0 Å². The number of aliphatic carboxylic acids is 1. The van der Waals surface area contributed by atoms with Crippen molar-refractivity contribution in [2.24, 2.45) is 4.99 Å². The van der Waals surface area contributed by atoms with Crippen molar-refractivity contribution in [2.75, 3.05) is 0 Å². The van der Waals surface area contributed by atoms with E-state index in [0.29, 0.717) is 0 Å². The summed E-state index contributed by atoms with van der Waals surface area (Å²) < 4.78 is 5.29. The zero-order valence-electron chi connectivity index (χ0n) is 11.4. The Hall–Kier alpha value is -2.31. The average Bonchev–Trinajstić information content (AvgIpc) is 2.46. The van der Waals surface area contributed by atoms with E-state index in [1.807, 2.05) is 6.07 Å². The van der Waals surface area contributed by atoms with Crippen LogP contribution in [0, 0.1) is 0 Å². The van der Waals surface area contributed by atoms with Gasteiger partial charge in [0.1, 0.15) is 0 Å². The maximum atomic E-state index is 11.9. The third kappa shape index (κ3) is 2.91. The summed E-state index contributed by atoms with van der Waals surface area (Å²) in [5.41, 5.74) is -1.55. The maximum Gasteiger partial charge on any atom is 0.336 e. The standard InChI is InChI=1S/C15H15NO5/c1-10-15(20,12(17)7-8-16-10)13(14(18)19)21-9-11-5-3-2-4-6-11/h2-8,13,20H,9H2,1H3,(H,18,19). The molecular formula is C15H15NO5. The molecule has 1 aromatic rings. The van der Waals surface area contributed by atoms with Gasteiger partial charge < -0.3 is 14.9 Å². The molecule has 0 spiro atoms. The lowest BCUT2D eigenvalue weighted by atomic mass is 9.85. The fourth-order valence-electron chi connectivity index (χ4n) is 2.06. The van der Waals surface area contributed by atoms with E-state index < -0.39 is 23.5 Å². The van der Waals surface area contributed by atoms with Gasteiger partial charge in [0.15, 0.2) is 11.9 Å². The molecule has 1 aromatic carbocycles. The van der Waals surface area contributed by atoms with Gasteiger partial charge in [-0.1, -0.05) is 30.3 Å². The summed E-state index contributed by atoms with van der Waals surface area (Å²) in [7, 11) is 0. The topological polar surface area (TPSA) is 96.2 Å². The van der Waals surface area contributed by atoms with Crippen molar-refractivity contribution in [2.45, 2.75) is 25.2 Å². The van der Waals surface area contributed by atoms with Crippen molar-refractivity contribution in [3.05, 3.63) is 48.2 Å². The highest BCUT2D eigenvalue weighted by atomic mass is 16.5. The molecule has 0 bridgehead atoms. The van der Waals surface area contributed by atoms with E-state index in [-0.39, 0.29) is 12.3 Å². The normalized spacial score (nSPS) is 22.8. The number of ether oxygens (including phenoxy) is 1. The molecule has 0 aromatic heterocycles. The van der Waals surface area contributed by atoms with Crippen LogP contribution in [0.15, 0.2) is 47.6 Å². The number of nitrogens with zero attached hydrogens (tertiary/aromatic N) is 1. The van der Waals surface area contributed by atoms with Crippen LogP contribution in [-0.2, 0) is 20.9 Å². The summed E-state index contributed by atoms with van der Waals surface area (Å²) in [6.45, 7) is 1.35. The Labute approximate surface area is 121 Å². The predicted molar refractivity (Wildman–Crippen MR) is 74.9 cm³/mol. The fraction of sp³-hybridized carbons (Fsp3) is 0.267. The first-order valence-corrected chi connectivity index (χ1v) is 6.33. The Balaban J connectivity index is 2.23. The average molecular weight is 289 g/mol. The van der Waals surface area contributed by atoms with Crippen molar-refractivity contribution < 1.29 is 24.5 Å². The van der Waals surface area contributed by atoms with Gasteiger partial charge in [0.05, 0.1) is 12.3 Å². The summed E-state index contributed by atoms with van der Waals surface area (Å²) in [6.07, 6.45) is 0.538. The highest BCUT2D eigenvalue weighted by Gasteiger charge is 2.51. The molecule has 2 atom stereocenters. The number of hydrogen-bond donors (Lipinski definition) is 2. The number of ketones is 1. The number of aliphatic imine (C=N–C) groups is 1. The first kappa shape index (κ1) is 15.1. The number of carboxylic acid groups (broad SMARTS) is 1. The number of benzene rings is 1. The zero-order chi connectivity index (χ0) is 15.5. The summed E-state index contributed by atoms with van der Waals surface area (Å²) >= 11 is 0. The largest absolute Gasteiger partial charge is 0.479 e. The summed E-state index contributed by atoms with van der Waals surface area (Å²) in [6, 6.07) is 8.89. The minimum Gasteiger partial charge on any atom is -0.479 e. The first-order chi connectivity index (χ1) is 9.96. The SMILES string of the molecule is CC1=NC=CC(=O)C1(O)C(OCc1ccccc1)C(=O)O. The van der Waals surface area contributed by atoms with E-state index in [4.69, 9.17) is 4.74 Å². The minimum absolute atomic E-state index is 0.00420. The van der Waals surface area contributed by atoms with E-state index in [1.165, 1.54) is 13.1 Å². The predicted octanol–water partition coefficient (Wildman–Crippen LogP) is 0.945. The lowest BCUT2D eigenvalue weighted by Crippen LogP contribution is -2.59. The van der Waals surface area contributed by atoms with Crippen LogP contribution in [0.4, 0.5) is 0 Å². The summed E-state index contributed by atoms with van der Waals surface area (Å²) in [5, 5.41) is 19.8. The Morgan fingerprint density at radius 3 is 2.62 bits per heavy atom. The van der Waals surface area contributed by atoms with Crippen LogP contribution in [0.2, 0.25) is 0 Å². The van der Waals surface area contributed by atoms with Crippen LogP contribution in [0.3, 0.4) is 0 Å². The van der Waals surface area contributed by atoms with Gasteiger partial charge in [-0.25, -0.2) is 4.79 Å². The van der Waals surface area contributed by atoms with Gasteiger partial charge in [-0.3, -0.25) is 9.79 Å². The van der Waals surface area contributed by atoms with Gasteiger partial charge in [0.25, 0.3) is 0 Å². The van der Waals surface area contributed by atoms with E-state index in [2.05, 4.69) is 4.99 Å². The monoisotopic (exact) mass is 289 g/mol. The molecule has 1 aliphatic rings. The molecule has 110 valence electrons. The third-order valence-corrected chi connectivity index (χ3v) is 3.28. The van der Waals surface area contributed by atoms with Crippen LogP contribution < -0.4 is 0 Å². The molecule has 1 heterocycles. The molecule has 21 heavy (non-hydrogen) atoms. The first-order valence-electron chi connectivity index (χ1n) is 6.33. The highest BCUT2D eigenvalue weighted by molar-refractivity contribution is 6.20. The molecule has 0 fully saturated rings. The van der Waals surface area contributed by atoms with Gasteiger partial charge in [0.2, 0.25) is 5.60 Å². The van der Waals surface area contributed by atoms with Gasteiger partial charge in [0, 0.05) is 12.3 Å². The van der Waals surface area contributed by atoms with Crippen LogP contribution >= 0.6 is 0 Å². The van der Waals surface area contributed by atoms with E-state index in [9.17, 15) is 19.8 Å². The van der Waals surface area contributed by atoms with Gasteiger partial charge in [-0.15, -0.1) is 0 Å². The van der Waals surface area contributed by atoms with Crippen molar-refractivity contribution in [1.82, 2.24) is 0 Å². The molecular weight excluding hydrogens is 274 g/mol. The molecule has 2 unspecified atom stereocenters. The van der Waals surface area contributed by atoms with E-state index >= 15 is 0 Å². The molecule has 0 saturated carbocycles. The van der Waals surface area contributed by atoms with E-state index in [1.54, 1.807) is 24.3 Å². The maximum absolute atomic E-state index is 11.9. The Kier molecular flexibility index (Phi) is 4.30. The molecule has 2 N–H and O–H groups in total. The minimum atomic E-state index is -2.28. The van der Waals surface area contributed by atoms with Gasteiger partial charge in [-0.05, 0) is 12.5 Å². The molecule has 6 heteroatoms. The van der Waals surface area contributed by atoms with E-state index in [0.717, 1.165) is 11.6 Å². The fourth-order valence-corrected chi connectivity index (χ4v) is 2.06. The molecule has 1 aliphatic heterocycles. The summed E-state index contributed by atoms with van der Waals surface area (Å²) in [5.74, 6) is -2.18. The Morgan fingerprint density at radius 2 is 2.05 bits per heavy atom. The van der Waals surface area contributed by atoms with Gasteiger partial charge in [-0.2, -0.15) is 0 Å². The number of carbonyl (C=O) groups excluding carboxylic acids is 1. The second-order valence-electron chi connectivity index (χ2n) is 4.68. The lowest BCUT2D eigenvalue weighted by Gasteiger charge is -2.32. The molecule has 0 amide bonds. The summed E-state index contributed by atoms with van der Waals surface area (Å²) in [4.78, 5) is 27.1. The highest BCUT2D eigenvalue weighted by Crippen LogP contribution is 2.23. The molecule has 0 aliphatic carbocycles. The third-order valence-electron chi connectivity index (χ3n) is 3.28.